The molecule has 3 nitrogen and oxygen atoms in total. The van der Waals surface area contributed by atoms with Gasteiger partial charge in [-0.2, -0.15) is 0 Å². The molecule has 2 rings (SSSR count). The standard InChI is InChI=1S/C12H12N2OS/c15-12(11-5-3-9-16-11)14-8-6-10-4-1-2-7-13-10/h1-5,7,9H,6,8H2,(H,14,15). The van der Waals surface area contributed by atoms with Gasteiger partial charge in [0.15, 0.2) is 0 Å². The van der Waals surface area contributed by atoms with Gasteiger partial charge in [0, 0.05) is 24.9 Å². The van der Waals surface area contributed by atoms with Gasteiger partial charge in [0.2, 0.25) is 0 Å². The minimum absolute atomic E-state index is 0.00840. The molecule has 16 heavy (non-hydrogen) atoms. The highest BCUT2D eigenvalue weighted by Crippen LogP contribution is 2.07. The van der Waals surface area contributed by atoms with E-state index in [0.29, 0.717) is 6.54 Å². The van der Waals surface area contributed by atoms with E-state index >= 15 is 0 Å². The Kier molecular flexibility index (Phi) is 3.66. The van der Waals surface area contributed by atoms with Gasteiger partial charge < -0.3 is 5.32 Å². The number of thiophene rings is 1. The lowest BCUT2D eigenvalue weighted by Gasteiger charge is -2.02. The highest BCUT2D eigenvalue weighted by atomic mass is 32.1. The third-order valence-corrected chi connectivity index (χ3v) is 3.01. The molecule has 2 aromatic heterocycles. The van der Waals surface area contributed by atoms with E-state index in [2.05, 4.69) is 10.3 Å². The van der Waals surface area contributed by atoms with E-state index in [4.69, 9.17) is 0 Å². The second kappa shape index (κ2) is 5.42. The third-order valence-electron chi connectivity index (χ3n) is 2.14. The molecule has 0 aliphatic rings. The fraction of sp³-hybridized carbons (Fsp3) is 0.167. The summed E-state index contributed by atoms with van der Waals surface area (Å²) in [5.74, 6) is -0.00840. The number of nitrogens with one attached hydrogen (secondary N) is 1. The summed E-state index contributed by atoms with van der Waals surface area (Å²) in [5, 5.41) is 4.76. The van der Waals surface area contributed by atoms with E-state index in [0.717, 1.165) is 17.0 Å². The topological polar surface area (TPSA) is 42.0 Å². The number of carbonyl (C=O) groups is 1. The van der Waals surface area contributed by atoms with Crippen LogP contribution in [0.4, 0.5) is 0 Å². The average Bonchev–Trinajstić information content (AvgIpc) is 2.84. The maximum atomic E-state index is 11.6. The van der Waals surface area contributed by atoms with E-state index in [9.17, 15) is 4.79 Å². The van der Waals surface area contributed by atoms with E-state index in [-0.39, 0.29) is 5.91 Å². The normalized spacial score (nSPS) is 10.0. The fourth-order valence-electron chi connectivity index (χ4n) is 1.34. The fourth-order valence-corrected chi connectivity index (χ4v) is 1.99. The molecule has 2 heterocycles. The molecule has 0 spiro atoms. The molecule has 0 saturated carbocycles. The van der Waals surface area contributed by atoms with Gasteiger partial charge in [0.25, 0.3) is 5.91 Å². The summed E-state index contributed by atoms with van der Waals surface area (Å²) in [7, 11) is 0. The SMILES string of the molecule is O=C(NCCc1ccccn1)c1cccs1. The molecule has 1 N–H and O–H groups in total. The summed E-state index contributed by atoms with van der Waals surface area (Å²) < 4.78 is 0. The molecule has 0 bridgehead atoms. The Bertz CT molecular complexity index is 439. The number of carbonyl (C=O) groups excluding carboxylic acids is 1. The summed E-state index contributed by atoms with van der Waals surface area (Å²) >= 11 is 1.45. The summed E-state index contributed by atoms with van der Waals surface area (Å²) in [6.45, 7) is 0.619. The predicted octanol–water partition coefficient (Wildman–Crippen LogP) is 2.12. The van der Waals surface area contributed by atoms with Crippen LogP contribution in [0.3, 0.4) is 0 Å². The van der Waals surface area contributed by atoms with Crippen LogP contribution in [0.1, 0.15) is 15.4 Å². The number of hydrogen-bond acceptors (Lipinski definition) is 3. The maximum Gasteiger partial charge on any atom is 0.261 e. The van der Waals surface area contributed by atoms with Crippen molar-refractivity contribution >= 4 is 17.2 Å². The van der Waals surface area contributed by atoms with E-state index in [1.165, 1.54) is 11.3 Å². The molecule has 0 aliphatic heterocycles. The summed E-state index contributed by atoms with van der Waals surface area (Å²) in [4.78, 5) is 16.5. The van der Waals surface area contributed by atoms with E-state index in [1.807, 2.05) is 35.7 Å². The number of amides is 1. The molecule has 2 aromatic rings. The number of pyridine rings is 1. The Morgan fingerprint density at radius 3 is 2.94 bits per heavy atom. The average molecular weight is 232 g/mol. The smallest absolute Gasteiger partial charge is 0.261 e. The second-order valence-electron chi connectivity index (χ2n) is 3.30. The lowest BCUT2D eigenvalue weighted by Crippen LogP contribution is -2.25. The monoisotopic (exact) mass is 232 g/mol. The van der Waals surface area contributed by atoms with Crippen LogP contribution in [-0.4, -0.2) is 17.4 Å². The van der Waals surface area contributed by atoms with Crippen LogP contribution in [0, 0.1) is 0 Å². The minimum atomic E-state index is -0.00840. The lowest BCUT2D eigenvalue weighted by atomic mass is 10.3. The first-order valence-corrected chi connectivity index (χ1v) is 5.96. The molecule has 0 aromatic carbocycles. The van der Waals surface area contributed by atoms with Crippen molar-refractivity contribution in [2.45, 2.75) is 6.42 Å². The Morgan fingerprint density at radius 1 is 1.31 bits per heavy atom. The first-order valence-electron chi connectivity index (χ1n) is 5.08. The molecule has 1 amide bonds. The lowest BCUT2D eigenvalue weighted by molar-refractivity contribution is 0.0958. The molecule has 82 valence electrons. The highest BCUT2D eigenvalue weighted by molar-refractivity contribution is 7.12. The van der Waals surface area contributed by atoms with Crippen LogP contribution in [0.25, 0.3) is 0 Å². The zero-order valence-corrected chi connectivity index (χ0v) is 9.54. The van der Waals surface area contributed by atoms with Crippen LogP contribution in [0.2, 0.25) is 0 Å². The van der Waals surface area contributed by atoms with Crippen LogP contribution < -0.4 is 5.32 Å². The van der Waals surface area contributed by atoms with Crippen molar-refractivity contribution < 1.29 is 4.79 Å². The quantitative estimate of drug-likeness (QED) is 0.877. The molecule has 0 unspecified atom stereocenters. The van der Waals surface area contributed by atoms with Crippen molar-refractivity contribution in [3.05, 3.63) is 52.5 Å². The summed E-state index contributed by atoms with van der Waals surface area (Å²) in [6, 6.07) is 9.48. The molecule has 0 saturated heterocycles. The first kappa shape index (κ1) is 10.8. The Morgan fingerprint density at radius 2 is 2.25 bits per heavy atom. The maximum absolute atomic E-state index is 11.6. The Labute approximate surface area is 98.2 Å². The van der Waals surface area contributed by atoms with Gasteiger partial charge in [-0.3, -0.25) is 9.78 Å². The number of rotatable bonds is 4. The van der Waals surface area contributed by atoms with Gasteiger partial charge in [0.1, 0.15) is 0 Å². The largest absolute Gasteiger partial charge is 0.351 e. The van der Waals surface area contributed by atoms with Crippen LogP contribution in [0.15, 0.2) is 41.9 Å². The predicted molar refractivity (Wildman–Crippen MR) is 64.6 cm³/mol. The molecule has 0 aliphatic carbocycles. The van der Waals surface area contributed by atoms with Crippen molar-refractivity contribution in [2.75, 3.05) is 6.54 Å². The van der Waals surface area contributed by atoms with E-state index < -0.39 is 0 Å². The van der Waals surface area contributed by atoms with Crippen molar-refractivity contribution in [1.29, 1.82) is 0 Å². The second-order valence-corrected chi connectivity index (χ2v) is 4.25. The zero-order chi connectivity index (χ0) is 11.2. The Balaban J connectivity index is 1.79. The number of hydrogen-bond donors (Lipinski definition) is 1. The Hall–Kier alpha value is -1.68. The summed E-state index contributed by atoms with van der Waals surface area (Å²) in [6.07, 6.45) is 2.52. The third kappa shape index (κ3) is 2.90. The molecular weight excluding hydrogens is 220 g/mol. The molecular formula is C12H12N2OS. The summed E-state index contributed by atoms with van der Waals surface area (Å²) in [5.41, 5.74) is 0.994. The van der Waals surface area contributed by atoms with Crippen molar-refractivity contribution in [2.24, 2.45) is 0 Å². The number of aromatic nitrogens is 1. The number of nitrogens with zero attached hydrogens (tertiary/aromatic N) is 1. The van der Waals surface area contributed by atoms with Crippen molar-refractivity contribution in [3.63, 3.8) is 0 Å². The van der Waals surface area contributed by atoms with Gasteiger partial charge in [-0.25, -0.2) is 0 Å². The van der Waals surface area contributed by atoms with Crippen LogP contribution in [0.5, 0.6) is 0 Å². The molecule has 0 radical (unpaired) electrons. The molecule has 0 atom stereocenters. The van der Waals surface area contributed by atoms with Gasteiger partial charge >= 0.3 is 0 Å². The first-order chi connectivity index (χ1) is 7.86. The highest BCUT2D eigenvalue weighted by Gasteiger charge is 2.04. The van der Waals surface area contributed by atoms with Gasteiger partial charge in [-0.1, -0.05) is 12.1 Å². The van der Waals surface area contributed by atoms with Crippen LogP contribution >= 0.6 is 11.3 Å². The zero-order valence-electron chi connectivity index (χ0n) is 8.72. The minimum Gasteiger partial charge on any atom is -0.351 e. The van der Waals surface area contributed by atoms with E-state index in [1.54, 1.807) is 6.20 Å². The van der Waals surface area contributed by atoms with Gasteiger partial charge in [-0.05, 0) is 23.6 Å². The van der Waals surface area contributed by atoms with Crippen molar-refractivity contribution in [1.82, 2.24) is 10.3 Å². The molecule has 0 fully saturated rings. The van der Waals surface area contributed by atoms with Crippen molar-refractivity contribution in [3.8, 4) is 0 Å². The van der Waals surface area contributed by atoms with Crippen LogP contribution in [-0.2, 0) is 6.42 Å². The molecule has 4 heteroatoms. The van der Waals surface area contributed by atoms with Gasteiger partial charge in [0.05, 0.1) is 4.88 Å². The van der Waals surface area contributed by atoms with Gasteiger partial charge in [-0.15, -0.1) is 11.3 Å².